The molecule has 3 fully saturated rings. The van der Waals surface area contributed by atoms with E-state index < -0.39 is 5.60 Å². The zero-order chi connectivity index (χ0) is 13.3. The van der Waals surface area contributed by atoms with E-state index in [0.29, 0.717) is 12.5 Å². The van der Waals surface area contributed by atoms with Gasteiger partial charge in [0.15, 0.2) is 0 Å². The number of piperidine rings is 1. The first kappa shape index (κ1) is 13.4. The van der Waals surface area contributed by atoms with Gasteiger partial charge in [0.1, 0.15) is 0 Å². The molecule has 2 saturated heterocycles. The number of carbonyl (C=O) groups is 1. The van der Waals surface area contributed by atoms with Crippen LogP contribution < -0.4 is 0 Å². The zero-order valence-electron chi connectivity index (χ0n) is 11.6. The summed E-state index contributed by atoms with van der Waals surface area (Å²) in [4.78, 5) is 14.5. The summed E-state index contributed by atoms with van der Waals surface area (Å²) in [6, 6.07) is 0. The molecule has 3 unspecified atom stereocenters. The Hall–Kier alpha value is -0.610. The van der Waals surface area contributed by atoms with Gasteiger partial charge in [0.25, 0.3) is 0 Å². The van der Waals surface area contributed by atoms with Crippen molar-refractivity contribution in [1.82, 2.24) is 4.90 Å². The molecule has 0 spiro atoms. The van der Waals surface area contributed by atoms with Crippen LogP contribution >= 0.6 is 0 Å². The molecule has 3 aliphatic rings. The van der Waals surface area contributed by atoms with Gasteiger partial charge in [-0.3, -0.25) is 4.79 Å². The third-order valence-corrected chi connectivity index (χ3v) is 5.25. The molecule has 0 bridgehead atoms. The van der Waals surface area contributed by atoms with Gasteiger partial charge >= 0.3 is 0 Å². The number of amides is 1. The summed E-state index contributed by atoms with van der Waals surface area (Å²) in [6.07, 6.45) is 7.05. The van der Waals surface area contributed by atoms with Gasteiger partial charge in [-0.15, -0.1) is 0 Å². The Balaban J connectivity index is 1.62. The van der Waals surface area contributed by atoms with Crippen LogP contribution in [0.4, 0.5) is 0 Å². The minimum absolute atomic E-state index is 0.0588. The molecule has 1 N–H and O–H groups in total. The van der Waals surface area contributed by atoms with Gasteiger partial charge in [0, 0.05) is 25.6 Å². The van der Waals surface area contributed by atoms with E-state index in [1.54, 1.807) is 0 Å². The lowest BCUT2D eigenvalue weighted by Gasteiger charge is -2.48. The van der Waals surface area contributed by atoms with Crippen molar-refractivity contribution in [2.75, 3.05) is 26.3 Å². The average molecular weight is 267 g/mol. The highest BCUT2D eigenvalue weighted by Crippen LogP contribution is 2.40. The highest BCUT2D eigenvalue weighted by Gasteiger charge is 2.44. The molecule has 0 aromatic heterocycles. The summed E-state index contributed by atoms with van der Waals surface area (Å²) in [5, 5.41) is 10.6. The minimum Gasteiger partial charge on any atom is -0.389 e. The maximum Gasteiger partial charge on any atom is 0.228 e. The number of hydrogen-bond acceptors (Lipinski definition) is 3. The summed E-state index contributed by atoms with van der Waals surface area (Å²) >= 11 is 0. The molecule has 1 saturated carbocycles. The highest BCUT2D eigenvalue weighted by atomic mass is 16.5. The Kier molecular flexibility index (Phi) is 3.81. The van der Waals surface area contributed by atoms with Crippen molar-refractivity contribution in [3.63, 3.8) is 0 Å². The molecule has 3 atom stereocenters. The average Bonchev–Trinajstić information content (AvgIpc) is 2.46. The second-order valence-electron chi connectivity index (χ2n) is 6.49. The van der Waals surface area contributed by atoms with E-state index >= 15 is 0 Å². The predicted molar refractivity (Wildman–Crippen MR) is 71.6 cm³/mol. The van der Waals surface area contributed by atoms with Crippen LogP contribution in [0.3, 0.4) is 0 Å². The van der Waals surface area contributed by atoms with Gasteiger partial charge in [0.05, 0.1) is 18.1 Å². The number of fused-ring (bicyclic) bond motifs is 1. The topological polar surface area (TPSA) is 49.8 Å². The van der Waals surface area contributed by atoms with Gasteiger partial charge < -0.3 is 14.7 Å². The SMILES string of the molecule is O=C(C1CCCOC1)N1CCC2(O)CCCCC2C1. The highest BCUT2D eigenvalue weighted by molar-refractivity contribution is 5.79. The Labute approximate surface area is 115 Å². The van der Waals surface area contributed by atoms with Crippen LogP contribution in [0.2, 0.25) is 0 Å². The van der Waals surface area contributed by atoms with Gasteiger partial charge in [-0.2, -0.15) is 0 Å². The second kappa shape index (κ2) is 5.41. The van der Waals surface area contributed by atoms with Gasteiger partial charge in [-0.1, -0.05) is 12.8 Å². The molecule has 1 amide bonds. The maximum absolute atomic E-state index is 12.5. The van der Waals surface area contributed by atoms with Crippen molar-refractivity contribution in [3.05, 3.63) is 0 Å². The van der Waals surface area contributed by atoms with Crippen LogP contribution in [0, 0.1) is 11.8 Å². The van der Waals surface area contributed by atoms with Crippen LogP contribution in [0.1, 0.15) is 44.9 Å². The van der Waals surface area contributed by atoms with Crippen molar-refractivity contribution < 1.29 is 14.6 Å². The molecule has 4 nitrogen and oxygen atoms in total. The normalized spacial score (nSPS) is 39.7. The summed E-state index contributed by atoms with van der Waals surface area (Å²) in [7, 11) is 0. The largest absolute Gasteiger partial charge is 0.389 e. The maximum atomic E-state index is 12.5. The molecule has 2 heterocycles. The standard InChI is InChI=1S/C15H25NO3/c17-14(12-4-3-9-19-11-12)16-8-7-15(18)6-2-1-5-13(15)10-16/h12-13,18H,1-11H2. The van der Waals surface area contributed by atoms with E-state index in [9.17, 15) is 9.90 Å². The van der Waals surface area contributed by atoms with E-state index in [0.717, 1.165) is 58.2 Å². The lowest BCUT2D eigenvalue weighted by atomic mass is 9.71. The fraction of sp³-hybridized carbons (Fsp3) is 0.933. The van der Waals surface area contributed by atoms with Crippen molar-refractivity contribution in [2.45, 2.75) is 50.5 Å². The van der Waals surface area contributed by atoms with Crippen molar-refractivity contribution in [2.24, 2.45) is 11.8 Å². The van der Waals surface area contributed by atoms with Crippen LogP contribution in [-0.4, -0.2) is 47.8 Å². The van der Waals surface area contributed by atoms with Crippen molar-refractivity contribution >= 4 is 5.91 Å². The van der Waals surface area contributed by atoms with Crippen LogP contribution in [0.25, 0.3) is 0 Å². The summed E-state index contributed by atoms with van der Waals surface area (Å²) < 4.78 is 5.42. The Morgan fingerprint density at radius 3 is 2.89 bits per heavy atom. The van der Waals surface area contributed by atoms with Gasteiger partial charge in [0.2, 0.25) is 5.91 Å². The van der Waals surface area contributed by atoms with E-state index in [2.05, 4.69) is 0 Å². The first-order valence-corrected chi connectivity index (χ1v) is 7.78. The van der Waals surface area contributed by atoms with Gasteiger partial charge in [-0.25, -0.2) is 0 Å². The zero-order valence-corrected chi connectivity index (χ0v) is 11.6. The second-order valence-corrected chi connectivity index (χ2v) is 6.49. The summed E-state index contributed by atoms with van der Waals surface area (Å²) in [5.41, 5.74) is -0.488. The van der Waals surface area contributed by atoms with Crippen molar-refractivity contribution in [3.8, 4) is 0 Å². The summed E-state index contributed by atoms with van der Waals surface area (Å²) in [5.74, 6) is 0.610. The molecular formula is C15H25NO3. The number of aliphatic hydroxyl groups is 1. The molecule has 1 aliphatic carbocycles. The molecular weight excluding hydrogens is 242 g/mol. The monoisotopic (exact) mass is 267 g/mol. The number of hydrogen-bond donors (Lipinski definition) is 1. The number of ether oxygens (including phenoxy) is 1. The number of rotatable bonds is 1. The van der Waals surface area contributed by atoms with Crippen molar-refractivity contribution in [1.29, 1.82) is 0 Å². The van der Waals surface area contributed by atoms with Crippen LogP contribution in [0.15, 0.2) is 0 Å². The number of carbonyl (C=O) groups excluding carboxylic acids is 1. The first-order chi connectivity index (χ1) is 9.19. The first-order valence-electron chi connectivity index (χ1n) is 7.78. The Morgan fingerprint density at radius 2 is 2.11 bits per heavy atom. The van der Waals surface area contributed by atoms with Gasteiger partial charge in [-0.05, 0) is 32.1 Å². The molecule has 19 heavy (non-hydrogen) atoms. The Bertz CT molecular complexity index is 340. The lowest BCUT2D eigenvalue weighted by Crippen LogP contribution is -2.56. The quantitative estimate of drug-likeness (QED) is 0.784. The van der Waals surface area contributed by atoms with E-state index in [4.69, 9.17) is 4.74 Å². The summed E-state index contributed by atoms with van der Waals surface area (Å²) in [6.45, 7) is 2.87. The number of likely N-dealkylation sites (tertiary alicyclic amines) is 1. The fourth-order valence-electron chi connectivity index (χ4n) is 3.96. The third-order valence-electron chi connectivity index (χ3n) is 5.25. The molecule has 0 aromatic rings. The third kappa shape index (κ3) is 2.65. The predicted octanol–water partition coefficient (Wildman–Crippen LogP) is 1.57. The molecule has 2 aliphatic heterocycles. The molecule has 108 valence electrons. The fourth-order valence-corrected chi connectivity index (χ4v) is 3.96. The number of nitrogens with zero attached hydrogens (tertiary/aromatic N) is 1. The Morgan fingerprint density at radius 1 is 1.21 bits per heavy atom. The molecule has 4 heteroatoms. The molecule has 0 aromatic carbocycles. The lowest BCUT2D eigenvalue weighted by molar-refractivity contribution is -0.151. The van der Waals surface area contributed by atoms with E-state index in [1.165, 1.54) is 6.42 Å². The smallest absolute Gasteiger partial charge is 0.228 e. The van der Waals surface area contributed by atoms with E-state index in [-0.39, 0.29) is 11.8 Å². The molecule has 0 radical (unpaired) electrons. The molecule has 3 rings (SSSR count). The van der Waals surface area contributed by atoms with E-state index in [1.807, 2.05) is 4.90 Å². The minimum atomic E-state index is -0.488. The van der Waals surface area contributed by atoms with Crippen LogP contribution in [0.5, 0.6) is 0 Å². The van der Waals surface area contributed by atoms with Crippen LogP contribution in [-0.2, 0) is 9.53 Å².